The molecule has 3 rings (SSSR count). The van der Waals surface area contributed by atoms with Crippen molar-refractivity contribution in [3.8, 4) is 0 Å². The van der Waals surface area contributed by atoms with Crippen LogP contribution < -0.4 is 0 Å². The molecule has 0 bridgehead atoms. The van der Waals surface area contributed by atoms with E-state index >= 15 is 0 Å². The lowest BCUT2D eigenvalue weighted by Crippen LogP contribution is -2.54. The first-order chi connectivity index (χ1) is 18.4. The lowest BCUT2D eigenvalue weighted by molar-refractivity contribution is -0.142. The van der Waals surface area contributed by atoms with E-state index < -0.39 is 0 Å². The second-order valence-electron chi connectivity index (χ2n) is 15.6. The van der Waals surface area contributed by atoms with Crippen LogP contribution >= 0.6 is 0 Å². The van der Waals surface area contributed by atoms with E-state index in [4.69, 9.17) is 4.74 Å². The van der Waals surface area contributed by atoms with Crippen LogP contribution in [0.1, 0.15) is 127 Å². The fourth-order valence-corrected chi connectivity index (χ4v) is 9.19. The highest BCUT2D eigenvalue weighted by atomic mass is 16.5. The number of aliphatic hydroxyl groups excluding tert-OH is 1. The van der Waals surface area contributed by atoms with E-state index in [9.17, 15) is 19.5 Å². The Balaban J connectivity index is 1.99. The summed E-state index contributed by atoms with van der Waals surface area (Å²) in [7, 11) is 1.48. The van der Waals surface area contributed by atoms with Crippen molar-refractivity contribution >= 4 is 17.5 Å². The first-order valence-corrected chi connectivity index (χ1v) is 15.6. The van der Waals surface area contributed by atoms with Gasteiger partial charge in [0.1, 0.15) is 0 Å². The molecule has 0 amide bonds. The summed E-state index contributed by atoms with van der Waals surface area (Å²) < 4.78 is 5.04. The molecule has 0 saturated heterocycles. The predicted molar refractivity (Wildman–Crippen MR) is 161 cm³/mol. The van der Waals surface area contributed by atoms with Crippen LogP contribution in [0.15, 0.2) is 23.5 Å². The van der Waals surface area contributed by atoms with Gasteiger partial charge in [0.2, 0.25) is 0 Å². The van der Waals surface area contributed by atoms with Crippen LogP contribution in [0, 0.1) is 44.8 Å². The molecule has 6 atom stereocenters. The summed E-state index contributed by atoms with van der Waals surface area (Å²) >= 11 is 0. The molecule has 3 saturated carbocycles. The zero-order valence-corrected chi connectivity index (χ0v) is 27.0. The van der Waals surface area contributed by atoms with Crippen molar-refractivity contribution in [2.45, 2.75) is 127 Å². The van der Waals surface area contributed by atoms with Gasteiger partial charge in [-0.05, 0) is 110 Å². The van der Waals surface area contributed by atoms with Crippen LogP contribution in [0.4, 0.5) is 0 Å². The maximum atomic E-state index is 13.0. The van der Waals surface area contributed by atoms with Gasteiger partial charge in [0.25, 0.3) is 0 Å². The van der Waals surface area contributed by atoms with Crippen LogP contribution in [0.3, 0.4) is 0 Å². The molecule has 0 heterocycles. The lowest BCUT2D eigenvalue weighted by atomic mass is 9.43. The number of rotatable bonds is 8. The number of fused-ring (bicyclic) bond motifs is 1. The van der Waals surface area contributed by atoms with Gasteiger partial charge in [-0.1, -0.05) is 61.0 Å². The van der Waals surface area contributed by atoms with E-state index in [-0.39, 0.29) is 51.0 Å². The number of carbonyl (C=O) groups is 3. The molecule has 1 N–H and O–H groups in total. The summed E-state index contributed by atoms with van der Waals surface area (Å²) in [5.74, 6) is 0.410. The summed E-state index contributed by atoms with van der Waals surface area (Å²) in [5, 5.41) is 9.97. The van der Waals surface area contributed by atoms with Gasteiger partial charge in [0.05, 0.1) is 13.4 Å². The summed E-state index contributed by atoms with van der Waals surface area (Å²) in [4.78, 5) is 38.0. The monoisotopic (exact) mass is 556 g/mol. The number of Topliss-reactive ketones (excluding diaryl/α,β-unsaturated/α-hetero) is 1. The van der Waals surface area contributed by atoms with Crippen LogP contribution in [0.2, 0.25) is 0 Å². The number of hydrogen-bond acceptors (Lipinski definition) is 5. The first kappa shape index (κ1) is 32.6. The molecule has 226 valence electrons. The first-order valence-electron chi connectivity index (χ1n) is 15.6. The summed E-state index contributed by atoms with van der Waals surface area (Å²) in [5.41, 5.74) is 1.28. The Labute approximate surface area is 243 Å². The molecule has 5 heteroatoms. The van der Waals surface area contributed by atoms with Gasteiger partial charge < -0.3 is 9.84 Å². The van der Waals surface area contributed by atoms with Crippen molar-refractivity contribution in [1.29, 1.82) is 0 Å². The predicted octanol–water partition coefficient (Wildman–Crippen LogP) is 8.57. The number of hydrogen-bond donors (Lipinski definition) is 1. The van der Waals surface area contributed by atoms with Gasteiger partial charge in [0.15, 0.2) is 11.6 Å². The Morgan fingerprint density at radius 2 is 1.73 bits per heavy atom. The normalized spacial score (nSPS) is 38.2. The fourth-order valence-electron chi connectivity index (χ4n) is 9.19. The smallest absolute Gasteiger partial charge is 0.305 e. The summed E-state index contributed by atoms with van der Waals surface area (Å²) in [6.45, 7) is 20.0. The number of ether oxygens (including phenoxy) is 1. The summed E-state index contributed by atoms with van der Waals surface area (Å²) in [6.07, 6.45) is 11.9. The van der Waals surface area contributed by atoms with E-state index in [0.29, 0.717) is 29.7 Å². The van der Waals surface area contributed by atoms with Gasteiger partial charge in [-0.3, -0.25) is 14.4 Å². The molecule has 1 unspecified atom stereocenters. The molecule has 0 aromatic rings. The molecular formula is C35H56O5. The second-order valence-corrected chi connectivity index (χ2v) is 15.6. The molecule has 0 radical (unpaired) electrons. The quantitative estimate of drug-likeness (QED) is 0.184. The number of carbonyl (C=O) groups excluding carboxylic acids is 3. The highest BCUT2D eigenvalue weighted by Crippen LogP contribution is 2.67. The van der Waals surface area contributed by atoms with Crippen molar-refractivity contribution in [3.63, 3.8) is 0 Å². The van der Waals surface area contributed by atoms with Crippen LogP contribution in [0.5, 0.6) is 0 Å². The van der Waals surface area contributed by atoms with Crippen LogP contribution in [-0.2, 0) is 19.1 Å². The minimum Gasteiger partial charge on any atom is -0.515 e. The van der Waals surface area contributed by atoms with Crippen molar-refractivity contribution in [1.82, 2.24) is 0 Å². The third-order valence-corrected chi connectivity index (χ3v) is 12.4. The zero-order valence-electron chi connectivity index (χ0n) is 27.0. The molecule has 3 aliphatic rings. The Bertz CT molecular complexity index is 1060. The Morgan fingerprint density at radius 3 is 2.27 bits per heavy atom. The Kier molecular flexibility index (Phi) is 9.29. The van der Waals surface area contributed by atoms with Crippen molar-refractivity contribution < 1.29 is 24.2 Å². The van der Waals surface area contributed by atoms with E-state index in [2.05, 4.69) is 48.5 Å². The maximum absolute atomic E-state index is 13.0. The number of ketones is 2. The van der Waals surface area contributed by atoms with Gasteiger partial charge in [-0.2, -0.15) is 0 Å². The average molecular weight is 557 g/mol. The van der Waals surface area contributed by atoms with Gasteiger partial charge >= 0.3 is 5.97 Å². The molecule has 3 fully saturated rings. The van der Waals surface area contributed by atoms with E-state index in [1.165, 1.54) is 7.11 Å². The zero-order chi connectivity index (χ0) is 30.3. The molecule has 0 aromatic carbocycles. The maximum Gasteiger partial charge on any atom is 0.305 e. The molecule has 5 nitrogen and oxygen atoms in total. The van der Waals surface area contributed by atoms with Gasteiger partial charge in [-0.15, -0.1) is 0 Å². The number of esters is 1. The van der Waals surface area contributed by atoms with Crippen molar-refractivity contribution in [2.24, 2.45) is 44.8 Å². The topological polar surface area (TPSA) is 80.7 Å². The average Bonchev–Trinajstić information content (AvgIpc) is 2.87. The minimum absolute atomic E-state index is 0.0377. The fraction of sp³-hybridized carbons (Fsp3) is 0.800. The Morgan fingerprint density at radius 1 is 1.07 bits per heavy atom. The van der Waals surface area contributed by atoms with Crippen molar-refractivity contribution in [2.75, 3.05) is 7.11 Å². The van der Waals surface area contributed by atoms with Gasteiger partial charge in [0, 0.05) is 17.9 Å². The molecule has 0 aliphatic heterocycles. The van der Waals surface area contributed by atoms with E-state index in [1.807, 2.05) is 13.0 Å². The lowest BCUT2D eigenvalue weighted by Gasteiger charge is -2.61. The SMILES string of the molecule is COC(=O)CC[C@]1(CCC(C)(C)[C@]2(C)CC[C@H]3[C@H](C)C(=O)/C(=C\O)C[C@]3(C)/C2=C/C(C)=O)CCC(C)(C)CC1C. The van der Waals surface area contributed by atoms with E-state index in [0.717, 1.165) is 63.2 Å². The van der Waals surface area contributed by atoms with Gasteiger partial charge in [-0.25, -0.2) is 0 Å². The Hall–Kier alpha value is -1.91. The molecule has 0 aromatic heterocycles. The highest BCUT2D eigenvalue weighted by molar-refractivity contribution is 5.98. The number of methoxy groups -OCH3 is 1. The molecule has 0 spiro atoms. The largest absolute Gasteiger partial charge is 0.515 e. The third-order valence-electron chi connectivity index (χ3n) is 12.4. The van der Waals surface area contributed by atoms with Crippen LogP contribution in [-0.4, -0.2) is 29.8 Å². The number of allylic oxidation sites excluding steroid dienone is 3. The third kappa shape index (κ3) is 5.86. The molecular weight excluding hydrogens is 500 g/mol. The second kappa shape index (κ2) is 11.4. The molecule has 3 aliphatic carbocycles. The van der Waals surface area contributed by atoms with Crippen LogP contribution in [0.25, 0.3) is 0 Å². The standard InChI is InChI=1S/C35H56O5/c1-23-20-31(4,5)15-17-35(23,14-12-29(38)40-10)18-16-32(6,7)34(9)13-11-27-25(3)30(39)26(22-36)21-33(27,8)28(34)19-24(2)37/h19,22-23,25,27,36H,11-18,20-21H2,1-10H3/b26-22-,28-19-/t23?,25-,27-,33-,34+,35+/m0/s1. The minimum atomic E-state index is -0.372. The molecule has 40 heavy (non-hydrogen) atoms. The number of aliphatic hydroxyl groups is 1. The van der Waals surface area contributed by atoms with E-state index in [1.54, 1.807) is 6.92 Å². The van der Waals surface area contributed by atoms with Crippen molar-refractivity contribution in [3.05, 3.63) is 23.5 Å². The summed E-state index contributed by atoms with van der Waals surface area (Å²) in [6, 6.07) is 0. The highest BCUT2D eigenvalue weighted by Gasteiger charge is 2.59.